The monoisotopic (exact) mass is 284 g/mol. The fraction of sp³-hybridized carbons (Fsp3) is 0.750. The minimum Gasteiger partial charge on any atom is -0.368 e. The van der Waals surface area contributed by atoms with Crippen molar-refractivity contribution in [2.75, 3.05) is 41.8 Å². The van der Waals surface area contributed by atoms with Gasteiger partial charge in [-0.1, -0.05) is 6.92 Å². The lowest BCUT2D eigenvalue weighted by Gasteiger charge is -2.19. The highest BCUT2D eigenvalue weighted by Gasteiger charge is 2.09. The highest BCUT2D eigenvalue weighted by Crippen LogP contribution is 2.13. The molecule has 1 heterocycles. The molecule has 3 N–H and O–H groups in total. The van der Waals surface area contributed by atoms with Crippen LogP contribution >= 0.6 is 11.8 Å². The molecule has 0 radical (unpaired) electrons. The van der Waals surface area contributed by atoms with E-state index >= 15 is 0 Å². The van der Waals surface area contributed by atoms with Gasteiger partial charge >= 0.3 is 0 Å². The van der Waals surface area contributed by atoms with E-state index < -0.39 is 0 Å². The molecule has 0 aliphatic heterocycles. The van der Waals surface area contributed by atoms with Crippen LogP contribution in [0.15, 0.2) is 0 Å². The summed E-state index contributed by atoms with van der Waals surface area (Å²) in [6.45, 7) is 8.87. The molecular formula is C12H24N6S. The fourth-order valence-corrected chi connectivity index (χ4v) is 1.97. The van der Waals surface area contributed by atoms with E-state index in [1.54, 1.807) is 0 Å². The van der Waals surface area contributed by atoms with Crippen molar-refractivity contribution in [3.05, 3.63) is 0 Å². The quantitative estimate of drug-likeness (QED) is 0.754. The SMILES string of the molecule is CCN(CC)c1nc(N)nc(NCCC(C)SC)n1. The topological polar surface area (TPSA) is 80.0 Å². The number of hydrogen-bond donors (Lipinski definition) is 2. The molecule has 1 rings (SSSR count). The van der Waals surface area contributed by atoms with Gasteiger partial charge < -0.3 is 16.0 Å². The van der Waals surface area contributed by atoms with E-state index in [1.165, 1.54) is 0 Å². The molecule has 0 saturated heterocycles. The van der Waals surface area contributed by atoms with Crippen LogP contribution in [0.1, 0.15) is 27.2 Å². The highest BCUT2D eigenvalue weighted by molar-refractivity contribution is 7.99. The van der Waals surface area contributed by atoms with Gasteiger partial charge in [-0.3, -0.25) is 0 Å². The summed E-state index contributed by atoms with van der Waals surface area (Å²) in [5.74, 6) is 1.46. The first-order valence-corrected chi connectivity index (χ1v) is 7.92. The van der Waals surface area contributed by atoms with E-state index in [0.717, 1.165) is 26.1 Å². The van der Waals surface area contributed by atoms with Crippen LogP contribution in [0.2, 0.25) is 0 Å². The lowest BCUT2D eigenvalue weighted by molar-refractivity contribution is 0.806. The number of rotatable bonds is 8. The van der Waals surface area contributed by atoms with E-state index in [-0.39, 0.29) is 5.95 Å². The number of nitrogen functional groups attached to an aromatic ring is 1. The number of nitrogens with zero attached hydrogens (tertiary/aromatic N) is 4. The predicted octanol–water partition coefficient (Wildman–Crippen LogP) is 1.85. The molecule has 19 heavy (non-hydrogen) atoms. The van der Waals surface area contributed by atoms with Crippen molar-refractivity contribution in [2.24, 2.45) is 0 Å². The van der Waals surface area contributed by atoms with Crippen molar-refractivity contribution in [2.45, 2.75) is 32.4 Å². The van der Waals surface area contributed by atoms with Crippen LogP contribution in [0.5, 0.6) is 0 Å². The molecule has 6 nitrogen and oxygen atoms in total. The third-order valence-corrected chi connectivity index (χ3v) is 3.96. The van der Waals surface area contributed by atoms with Gasteiger partial charge in [0.05, 0.1) is 0 Å². The summed E-state index contributed by atoms with van der Waals surface area (Å²) in [4.78, 5) is 14.7. The van der Waals surface area contributed by atoms with Crippen LogP contribution in [-0.2, 0) is 0 Å². The number of nitrogens with two attached hydrogens (primary N) is 1. The summed E-state index contributed by atoms with van der Waals surface area (Å²) in [5.41, 5.74) is 5.73. The Morgan fingerprint density at radius 2 is 1.95 bits per heavy atom. The van der Waals surface area contributed by atoms with E-state index in [0.29, 0.717) is 17.1 Å². The molecule has 108 valence electrons. The first-order chi connectivity index (χ1) is 9.10. The average molecular weight is 284 g/mol. The molecule has 0 bridgehead atoms. The maximum absolute atomic E-state index is 5.73. The molecule has 1 unspecified atom stereocenters. The van der Waals surface area contributed by atoms with E-state index in [4.69, 9.17) is 5.73 Å². The molecule has 1 atom stereocenters. The lowest BCUT2D eigenvalue weighted by Crippen LogP contribution is -2.25. The van der Waals surface area contributed by atoms with Crippen molar-refractivity contribution < 1.29 is 0 Å². The average Bonchev–Trinajstić information content (AvgIpc) is 2.39. The highest BCUT2D eigenvalue weighted by atomic mass is 32.2. The molecule has 0 saturated carbocycles. The molecule has 0 amide bonds. The van der Waals surface area contributed by atoms with E-state index in [1.807, 2.05) is 16.7 Å². The van der Waals surface area contributed by atoms with Gasteiger partial charge in [-0.05, 0) is 26.5 Å². The second-order valence-corrected chi connectivity index (χ2v) is 5.53. The largest absolute Gasteiger partial charge is 0.368 e. The van der Waals surface area contributed by atoms with Crippen molar-refractivity contribution >= 4 is 29.6 Å². The van der Waals surface area contributed by atoms with Gasteiger partial charge in [-0.2, -0.15) is 26.7 Å². The summed E-state index contributed by atoms with van der Waals surface area (Å²) < 4.78 is 0. The molecule has 1 aromatic rings. The van der Waals surface area contributed by atoms with Crippen molar-refractivity contribution in [1.82, 2.24) is 15.0 Å². The van der Waals surface area contributed by atoms with Gasteiger partial charge in [0.2, 0.25) is 17.8 Å². The molecule has 0 spiro atoms. The first kappa shape index (κ1) is 15.8. The standard InChI is InChI=1S/C12H24N6S/c1-5-18(6-2)12-16-10(13)15-11(17-12)14-8-7-9(3)19-4/h9H,5-8H2,1-4H3,(H3,13,14,15,16,17). The molecule has 0 aliphatic rings. The van der Waals surface area contributed by atoms with Crippen LogP contribution in [0, 0.1) is 0 Å². The van der Waals surface area contributed by atoms with Gasteiger partial charge in [0.15, 0.2) is 0 Å². The summed E-state index contributed by atoms with van der Waals surface area (Å²) in [6, 6.07) is 0. The van der Waals surface area contributed by atoms with Crippen molar-refractivity contribution in [3.63, 3.8) is 0 Å². The third-order valence-electron chi connectivity index (χ3n) is 2.92. The summed E-state index contributed by atoms with van der Waals surface area (Å²) >= 11 is 1.85. The molecule has 7 heteroatoms. The Morgan fingerprint density at radius 1 is 1.26 bits per heavy atom. The predicted molar refractivity (Wildman–Crippen MR) is 83.9 cm³/mol. The lowest BCUT2D eigenvalue weighted by atomic mass is 10.3. The zero-order chi connectivity index (χ0) is 14.3. The number of hydrogen-bond acceptors (Lipinski definition) is 7. The molecule has 0 aliphatic carbocycles. The molecule has 1 aromatic heterocycles. The van der Waals surface area contributed by atoms with Crippen LogP contribution in [-0.4, -0.2) is 46.1 Å². The zero-order valence-corrected chi connectivity index (χ0v) is 13.0. The summed E-state index contributed by atoms with van der Waals surface area (Å²) in [5, 5.41) is 3.83. The normalized spacial score (nSPS) is 12.2. The third kappa shape index (κ3) is 5.10. The van der Waals surface area contributed by atoms with E-state index in [2.05, 4.69) is 47.3 Å². The number of nitrogens with one attached hydrogen (secondary N) is 1. The number of anilines is 3. The second-order valence-electron chi connectivity index (χ2n) is 4.25. The number of thioether (sulfide) groups is 1. The van der Waals surface area contributed by atoms with Gasteiger partial charge in [-0.25, -0.2) is 0 Å². The van der Waals surface area contributed by atoms with Crippen molar-refractivity contribution in [3.8, 4) is 0 Å². The molecule has 0 fully saturated rings. The minimum atomic E-state index is 0.261. The van der Waals surface area contributed by atoms with Crippen LogP contribution in [0.3, 0.4) is 0 Å². The Hall–Kier alpha value is -1.24. The number of aromatic nitrogens is 3. The summed E-state index contributed by atoms with van der Waals surface area (Å²) in [7, 11) is 0. The van der Waals surface area contributed by atoms with Crippen LogP contribution in [0.25, 0.3) is 0 Å². The second kappa shape index (κ2) is 8.04. The van der Waals surface area contributed by atoms with Gasteiger partial charge in [-0.15, -0.1) is 0 Å². The fourth-order valence-electron chi connectivity index (χ4n) is 1.61. The maximum Gasteiger partial charge on any atom is 0.231 e. The Morgan fingerprint density at radius 3 is 2.53 bits per heavy atom. The Bertz CT molecular complexity index is 382. The van der Waals surface area contributed by atoms with Crippen LogP contribution < -0.4 is 16.0 Å². The van der Waals surface area contributed by atoms with E-state index in [9.17, 15) is 0 Å². The Labute approximate surface area is 119 Å². The summed E-state index contributed by atoms with van der Waals surface area (Å²) in [6.07, 6.45) is 3.18. The van der Waals surface area contributed by atoms with Crippen molar-refractivity contribution in [1.29, 1.82) is 0 Å². The van der Waals surface area contributed by atoms with Gasteiger partial charge in [0, 0.05) is 24.9 Å². The maximum atomic E-state index is 5.73. The first-order valence-electron chi connectivity index (χ1n) is 6.63. The Balaban J connectivity index is 2.68. The zero-order valence-electron chi connectivity index (χ0n) is 12.2. The molecular weight excluding hydrogens is 260 g/mol. The van der Waals surface area contributed by atoms with Crippen LogP contribution in [0.4, 0.5) is 17.8 Å². The van der Waals surface area contributed by atoms with Gasteiger partial charge in [0.1, 0.15) is 0 Å². The molecule has 0 aromatic carbocycles. The Kier molecular flexibility index (Phi) is 6.69. The van der Waals surface area contributed by atoms with Gasteiger partial charge in [0.25, 0.3) is 0 Å². The smallest absolute Gasteiger partial charge is 0.231 e. The minimum absolute atomic E-state index is 0.261.